The van der Waals surface area contributed by atoms with Crippen molar-refractivity contribution in [3.05, 3.63) is 56.9 Å². The molecule has 8 heteroatoms. The summed E-state index contributed by atoms with van der Waals surface area (Å²) in [5.41, 5.74) is 0.706. The lowest BCUT2D eigenvalue weighted by molar-refractivity contribution is 0.0601. The van der Waals surface area contributed by atoms with Gasteiger partial charge < -0.3 is 9.30 Å². The fraction of sp³-hybridized carbons (Fsp3) is 0.235. The standard InChI is InChI=1S/C17H16N4O4/c1-4-21-9-12(10-5-7-11(8-6-10)16(23)25-3)18-13-14(21)19-17(24)20(2)15(13)22/h5-9H,4H2,1-3H3. The van der Waals surface area contributed by atoms with E-state index in [0.717, 1.165) is 10.1 Å². The summed E-state index contributed by atoms with van der Waals surface area (Å²) in [4.78, 5) is 44.0. The van der Waals surface area contributed by atoms with Crippen molar-refractivity contribution in [2.75, 3.05) is 7.11 Å². The van der Waals surface area contributed by atoms with Crippen LogP contribution in [0.2, 0.25) is 0 Å². The molecule has 0 aromatic heterocycles. The van der Waals surface area contributed by atoms with Crippen molar-refractivity contribution in [2.45, 2.75) is 13.5 Å². The average molecular weight is 340 g/mol. The van der Waals surface area contributed by atoms with E-state index in [9.17, 15) is 14.4 Å². The van der Waals surface area contributed by atoms with Crippen LogP contribution in [0.25, 0.3) is 22.8 Å². The van der Waals surface area contributed by atoms with E-state index in [2.05, 4.69) is 14.7 Å². The second kappa shape index (κ2) is 6.31. The Balaban J connectivity index is 2.21. The van der Waals surface area contributed by atoms with Gasteiger partial charge in [0, 0.05) is 25.4 Å². The molecule has 0 unspecified atom stereocenters. The van der Waals surface area contributed by atoms with Crippen molar-refractivity contribution in [1.29, 1.82) is 0 Å². The Morgan fingerprint density at radius 1 is 1.16 bits per heavy atom. The van der Waals surface area contributed by atoms with Crippen LogP contribution < -0.4 is 11.2 Å². The van der Waals surface area contributed by atoms with Crippen molar-refractivity contribution in [3.63, 3.8) is 0 Å². The predicted octanol–water partition coefficient (Wildman–Crippen LogP) is 0.915. The lowest BCUT2D eigenvalue weighted by Gasteiger charge is -2.14. The molecule has 0 saturated carbocycles. The second-order valence-corrected chi connectivity index (χ2v) is 5.41. The van der Waals surface area contributed by atoms with Crippen molar-refractivity contribution in [3.8, 4) is 22.8 Å². The van der Waals surface area contributed by atoms with Crippen LogP contribution >= 0.6 is 0 Å². The van der Waals surface area contributed by atoms with Crippen molar-refractivity contribution in [2.24, 2.45) is 7.05 Å². The molecule has 2 heterocycles. The van der Waals surface area contributed by atoms with E-state index < -0.39 is 17.2 Å². The first kappa shape index (κ1) is 16.6. The third-order valence-electron chi connectivity index (χ3n) is 3.93. The number of esters is 1. The number of rotatable bonds is 3. The highest BCUT2D eigenvalue weighted by atomic mass is 16.5. The fourth-order valence-corrected chi connectivity index (χ4v) is 2.49. The van der Waals surface area contributed by atoms with Gasteiger partial charge in [-0.3, -0.25) is 9.36 Å². The highest BCUT2D eigenvalue weighted by Gasteiger charge is 2.19. The molecule has 0 N–H and O–H groups in total. The first-order chi connectivity index (χ1) is 12.0. The number of aromatic nitrogens is 4. The van der Waals surface area contributed by atoms with Crippen LogP contribution in [0.4, 0.5) is 0 Å². The molecule has 25 heavy (non-hydrogen) atoms. The van der Waals surface area contributed by atoms with Crippen LogP contribution in [0.15, 0.2) is 40.1 Å². The highest BCUT2D eigenvalue weighted by molar-refractivity contribution is 5.89. The molecule has 0 aliphatic carbocycles. The zero-order valence-electron chi connectivity index (χ0n) is 14.0. The summed E-state index contributed by atoms with van der Waals surface area (Å²) in [6.07, 6.45) is 1.72. The number of aryl methyl sites for hydroxylation is 1. The zero-order valence-corrected chi connectivity index (χ0v) is 14.0. The van der Waals surface area contributed by atoms with Gasteiger partial charge >= 0.3 is 11.7 Å². The Morgan fingerprint density at radius 3 is 2.44 bits per heavy atom. The first-order valence-electron chi connectivity index (χ1n) is 7.63. The highest BCUT2D eigenvalue weighted by Crippen LogP contribution is 2.22. The lowest BCUT2D eigenvalue weighted by atomic mass is 10.1. The molecule has 0 saturated heterocycles. The summed E-state index contributed by atoms with van der Waals surface area (Å²) in [7, 11) is 2.69. The summed E-state index contributed by atoms with van der Waals surface area (Å²) in [5.74, 6) is -0.173. The number of hydrogen-bond acceptors (Lipinski definition) is 6. The maximum atomic E-state index is 12.4. The zero-order chi connectivity index (χ0) is 18.1. The minimum absolute atomic E-state index is 0.124. The van der Waals surface area contributed by atoms with Crippen LogP contribution in [-0.4, -0.2) is 32.2 Å². The normalized spacial score (nSPS) is 10.8. The minimum atomic E-state index is -0.614. The molecular weight excluding hydrogens is 324 g/mol. The molecule has 1 aromatic carbocycles. The molecule has 0 bridgehead atoms. The number of benzene rings is 1. The maximum Gasteiger partial charge on any atom is 0.352 e. The molecule has 0 amide bonds. The van der Waals surface area contributed by atoms with E-state index in [1.807, 2.05) is 6.92 Å². The first-order valence-corrected chi connectivity index (χ1v) is 7.63. The van der Waals surface area contributed by atoms with Crippen LogP contribution in [0.1, 0.15) is 17.3 Å². The van der Waals surface area contributed by atoms with Gasteiger partial charge in [-0.15, -0.1) is 0 Å². The largest absolute Gasteiger partial charge is 0.465 e. The van der Waals surface area contributed by atoms with Gasteiger partial charge in [0.2, 0.25) is 0 Å². The molecule has 8 nitrogen and oxygen atoms in total. The van der Waals surface area contributed by atoms with E-state index in [0.29, 0.717) is 17.8 Å². The topological polar surface area (TPSA) is 96.1 Å². The number of carbonyl (C=O) groups excluding carboxylic acids is 1. The quantitative estimate of drug-likeness (QED) is 0.658. The lowest BCUT2D eigenvalue weighted by Crippen LogP contribution is -2.36. The summed E-state index contributed by atoms with van der Waals surface area (Å²) >= 11 is 0. The molecule has 1 aromatic rings. The van der Waals surface area contributed by atoms with Crippen LogP contribution in [-0.2, 0) is 18.3 Å². The van der Waals surface area contributed by atoms with Gasteiger partial charge in [0.1, 0.15) is 0 Å². The number of hydrogen-bond donors (Lipinski definition) is 0. The fourth-order valence-electron chi connectivity index (χ4n) is 2.49. The number of ether oxygens (including phenoxy) is 1. The molecule has 0 radical (unpaired) electrons. The predicted molar refractivity (Wildman–Crippen MR) is 90.6 cm³/mol. The van der Waals surface area contributed by atoms with E-state index in [1.165, 1.54) is 14.2 Å². The monoisotopic (exact) mass is 340 g/mol. The molecular formula is C17H16N4O4. The summed E-state index contributed by atoms with van der Waals surface area (Å²) in [5, 5.41) is 0. The van der Waals surface area contributed by atoms with E-state index in [-0.39, 0.29) is 11.5 Å². The Morgan fingerprint density at radius 2 is 1.84 bits per heavy atom. The van der Waals surface area contributed by atoms with Gasteiger partial charge in [0.25, 0.3) is 5.56 Å². The summed E-state index contributed by atoms with van der Waals surface area (Å²) in [6, 6.07) is 6.70. The molecule has 2 aliphatic rings. The second-order valence-electron chi connectivity index (χ2n) is 5.41. The van der Waals surface area contributed by atoms with Gasteiger partial charge in [0.15, 0.2) is 11.5 Å². The number of methoxy groups -OCH3 is 1. The van der Waals surface area contributed by atoms with Gasteiger partial charge in [-0.2, -0.15) is 4.98 Å². The van der Waals surface area contributed by atoms with Gasteiger partial charge in [0.05, 0.1) is 18.4 Å². The third-order valence-corrected chi connectivity index (χ3v) is 3.93. The Bertz CT molecular complexity index is 1030. The molecule has 0 spiro atoms. The maximum absolute atomic E-state index is 12.4. The van der Waals surface area contributed by atoms with Crippen LogP contribution in [0.3, 0.4) is 0 Å². The van der Waals surface area contributed by atoms with Gasteiger partial charge in [-0.1, -0.05) is 12.1 Å². The van der Waals surface area contributed by atoms with Gasteiger partial charge in [-0.25, -0.2) is 14.6 Å². The van der Waals surface area contributed by atoms with E-state index in [4.69, 9.17) is 0 Å². The van der Waals surface area contributed by atoms with Crippen molar-refractivity contribution < 1.29 is 9.53 Å². The summed E-state index contributed by atoms with van der Waals surface area (Å²) in [6.45, 7) is 2.40. The molecule has 0 atom stereocenters. The molecule has 3 rings (SSSR count). The van der Waals surface area contributed by atoms with Crippen LogP contribution in [0, 0.1) is 0 Å². The number of carbonyl (C=O) groups is 1. The average Bonchev–Trinajstić information content (AvgIpc) is 2.65. The molecule has 2 aliphatic heterocycles. The Hall–Kier alpha value is -3.29. The minimum Gasteiger partial charge on any atom is -0.465 e. The van der Waals surface area contributed by atoms with Crippen LogP contribution in [0.5, 0.6) is 0 Å². The SMILES string of the molecule is CCn1cc(-c2ccc(C(=O)OC)cc2)nc2c(=O)n(C)c(=O)nc1-2. The molecule has 128 valence electrons. The Kier molecular flexibility index (Phi) is 4.18. The van der Waals surface area contributed by atoms with E-state index in [1.54, 1.807) is 35.0 Å². The van der Waals surface area contributed by atoms with Crippen molar-refractivity contribution in [1.82, 2.24) is 19.1 Å². The Labute approximate surface area is 142 Å². The third kappa shape index (κ3) is 2.82. The summed E-state index contributed by atoms with van der Waals surface area (Å²) < 4.78 is 7.31. The van der Waals surface area contributed by atoms with Crippen molar-refractivity contribution >= 4 is 5.97 Å². The van der Waals surface area contributed by atoms with Gasteiger partial charge in [-0.05, 0) is 19.1 Å². The molecule has 0 fully saturated rings. The van der Waals surface area contributed by atoms with E-state index >= 15 is 0 Å². The smallest absolute Gasteiger partial charge is 0.352 e. The number of nitrogens with zero attached hydrogens (tertiary/aromatic N) is 4. The number of fused-ring (bicyclic) bond motifs is 1.